The summed E-state index contributed by atoms with van der Waals surface area (Å²) in [5.41, 5.74) is 4.35. The third-order valence-electron chi connectivity index (χ3n) is 4.14. The van der Waals surface area contributed by atoms with Gasteiger partial charge in [0.15, 0.2) is 0 Å². The Morgan fingerprint density at radius 1 is 1.04 bits per heavy atom. The molecule has 26 heavy (non-hydrogen) atoms. The van der Waals surface area contributed by atoms with Gasteiger partial charge in [-0.15, -0.1) is 0 Å². The molecule has 0 spiro atoms. The van der Waals surface area contributed by atoms with Gasteiger partial charge in [0.05, 0.1) is 23.8 Å². The van der Waals surface area contributed by atoms with Gasteiger partial charge in [-0.25, -0.2) is 4.79 Å². The largest absolute Gasteiger partial charge is 0.462 e. The van der Waals surface area contributed by atoms with Gasteiger partial charge in [0.1, 0.15) is 0 Å². The Balaban J connectivity index is 1.88. The summed E-state index contributed by atoms with van der Waals surface area (Å²) < 4.78 is 7.23. The maximum atomic E-state index is 12.3. The van der Waals surface area contributed by atoms with Crippen LogP contribution in [0.25, 0.3) is 0 Å². The van der Waals surface area contributed by atoms with Crippen LogP contribution < -0.4 is 0 Å². The summed E-state index contributed by atoms with van der Waals surface area (Å²) >= 11 is 0. The third-order valence-corrected chi connectivity index (χ3v) is 4.14. The minimum atomic E-state index is -0.303. The van der Waals surface area contributed by atoms with E-state index >= 15 is 0 Å². The van der Waals surface area contributed by atoms with Crippen LogP contribution in [0.2, 0.25) is 0 Å². The van der Waals surface area contributed by atoms with Crippen LogP contribution in [-0.2, 0) is 17.7 Å². The normalized spacial score (nSPS) is 10.3. The fraction of sp³-hybridized carbons (Fsp3) is 0.182. The fourth-order valence-corrected chi connectivity index (χ4v) is 2.89. The zero-order chi connectivity index (χ0) is 18.4. The second kappa shape index (κ2) is 8.17. The van der Waals surface area contributed by atoms with Crippen molar-refractivity contribution in [3.05, 3.63) is 94.8 Å². The molecule has 130 valence electrons. The lowest BCUT2D eigenvalue weighted by Gasteiger charge is -2.04. The number of esters is 1. The number of carbonyl (C=O) groups is 1. The van der Waals surface area contributed by atoms with E-state index in [1.807, 2.05) is 47.3 Å². The van der Waals surface area contributed by atoms with Crippen LogP contribution in [0, 0.1) is 11.3 Å². The molecule has 0 saturated heterocycles. The van der Waals surface area contributed by atoms with Crippen molar-refractivity contribution in [2.75, 3.05) is 6.61 Å². The van der Waals surface area contributed by atoms with E-state index in [9.17, 15) is 4.79 Å². The Kier molecular flexibility index (Phi) is 5.50. The molecule has 1 heterocycles. The predicted molar refractivity (Wildman–Crippen MR) is 99.9 cm³/mol. The van der Waals surface area contributed by atoms with Crippen LogP contribution in [0.1, 0.15) is 39.5 Å². The van der Waals surface area contributed by atoms with Crippen LogP contribution in [-0.4, -0.2) is 17.1 Å². The van der Waals surface area contributed by atoms with E-state index in [-0.39, 0.29) is 5.97 Å². The zero-order valence-corrected chi connectivity index (χ0v) is 14.7. The summed E-state index contributed by atoms with van der Waals surface area (Å²) in [5.74, 6) is -0.303. The quantitative estimate of drug-likeness (QED) is 0.631. The molecular weight excluding hydrogens is 324 g/mol. The highest BCUT2D eigenvalue weighted by atomic mass is 16.5. The van der Waals surface area contributed by atoms with Gasteiger partial charge in [0.2, 0.25) is 0 Å². The average molecular weight is 344 g/mol. The van der Waals surface area contributed by atoms with Gasteiger partial charge in [-0.3, -0.25) is 0 Å². The maximum Gasteiger partial charge on any atom is 0.339 e. The number of ether oxygens (including phenoxy) is 1. The number of nitriles is 1. The molecule has 0 fully saturated rings. The lowest BCUT2D eigenvalue weighted by atomic mass is 10.0. The van der Waals surface area contributed by atoms with E-state index in [1.165, 1.54) is 5.56 Å². The van der Waals surface area contributed by atoms with Gasteiger partial charge in [0.25, 0.3) is 0 Å². The minimum Gasteiger partial charge on any atom is -0.462 e. The Morgan fingerprint density at radius 3 is 2.42 bits per heavy atom. The smallest absolute Gasteiger partial charge is 0.339 e. The number of benzene rings is 2. The highest BCUT2D eigenvalue weighted by Crippen LogP contribution is 2.19. The molecular formula is C22H20N2O2. The van der Waals surface area contributed by atoms with Gasteiger partial charge < -0.3 is 9.30 Å². The first-order valence-corrected chi connectivity index (χ1v) is 8.58. The van der Waals surface area contributed by atoms with Crippen molar-refractivity contribution < 1.29 is 9.53 Å². The fourth-order valence-electron chi connectivity index (χ4n) is 2.89. The van der Waals surface area contributed by atoms with Crippen LogP contribution in [0.15, 0.2) is 67.0 Å². The van der Waals surface area contributed by atoms with Crippen molar-refractivity contribution in [3.63, 3.8) is 0 Å². The first kappa shape index (κ1) is 17.5. The van der Waals surface area contributed by atoms with Crippen molar-refractivity contribution in [2.24, 2.45) is 0 Å². The highest BCUT2D eigenvalue weighted by molar-refractivity contribution is 5.91. The molecule has 4 heteroatoms. The summed E-state index contributed by atoms with van der Waals surface area (Å²) in [4.78, 5) is 12.3. The van der Waals surface area contributed by atoms with Crippen molar-refractivity contribution in [1.29, 1.82) is 5.26 Å². The topological polar surface area (TPSA) is 55.0 Å². The Labute approximate surface area is 153 Å². The van der Waals surface area contributed by atoms with E-state index in [2.05, 4.69) is 18.2 Å². The summed E-state index contributed by atoms with van der Waals surface area (Å²) in [5, 5.41) is 8.92. The average Bonchev–Trinajstić information content (AvgIpc) is 3.05. The monoisotopic (exact) mass is 344 g/mol. The summed E-state index contributed by atoms with van der Waals surface area (Å²) in [7, 11) is 0. The molecule has 3 rings (SSSR count). The number of nitrogens with zero attached hydrogens (tertiary/aromatic N) is 2. The number of carbonyl (C=O) groups excluding carboxylic acids is 1. The van der Waals surface area contributed by atoms with Crippen LogP contribution in [0.5, 0.6) is 0 Å². The number of aromatic nitrogens is 1. The second-order valence-electron chi connectivity index (χ2n) is 6.06. The standard InChI is InChI=1S/C22H20N2O2/c1-2-26-22(25)21-16-24(14-19-6-4-3-5-7-19)15-20(21)12-17-8-10-18(13-23)11-9-17/h3-11,15-16H,2,12,14H2,1H3. The number of rotatable bonds is 6. The van der Waals surface area contributed by atoms with Gasteiger partial charge >= 0.3 is 5.97 Å². The van der Waals surface area contributed by atoms with Crippen LogP contribution >= 0.6 is 0 Å². The van der Waals surface area contributed by atoms with E-state index in [0.717, 1.165) is 11.1 Å². The molecule has 4 nitrogen and oxygen atoms in total. The number of hydrogen-bond acceptors (Lipinski definition) is 3. The Hall–Kier alpha value is -3.32. The third kappa shape index (κ3) is 4.20. The van der Waals surface area contributed by atoms with Crippen LogP contribution in [0.4, 0.5) is 0 Å². The zero-order valence-electron chi connectivity index (χ0n) is 14.7. The first-order valence-electron chi connectivity index (χ1n) is 8.58. The van der Waals surface area contributed by atoms with Gasteiger partial charge in [0, 0.05) is 18.9 Å². The molecule has 0 saturated carbocycles. The summed E-state index contributed by atoms with van der Waals surface area (Å²) in [6.45, 7) is 2.85. The molecule has 0 N–H and O–H groups in total. The molecule has 0 aliphatic heterocycles. The Bertz CT molecular complexity index is 919. The predicted octanol–water partition coefficient (Wildman–Crippen LogP) is 4.18. The molecule has 0 radical (unpaired) electrons. The van der Waals surface area contributed by atoms with Crippen molar-refractivity contribution >= 4 is 5.97 Å². The lowest BCUT2D eigenvalue weighted by Crippen LogP contribution is -2.06. The highest BCUT2D eigenvalue weighted by Gasteiger charge is 2.16. The first-order chi connectivity index (χ1) is 12.7. The molecule has 0 bridgehead atoms. The van der Waals surface area contributed by atoms with E-state index in [1.54, 1.807) is 19.1 Å². The molecule has 0 aliphatic carbocycles. The molecule has 3 aromatic rings. The van der Waals surface area contributed by atoms with Crippen molar-refractivity contribution in [2.45, 2.75) is 19.9 Å². The van der Waals surface area contributed by atoms with Crippen molar-refractivity contribution in [3.8, 4) is 6.07 Å². The molecule has 0 atom stereocenters. The maximum absolute atomic E-state index is 12.3. The summed E-state index contributed by atoms with van der Waals surface area (Å²) in [6, 6.07) is 19.6. The van der Waals surface area contributed by atoms with E-state index in [4.69, 9.17) is 10.00 Å². The van der Waals surface area contributed by atoms with Gasteiger partial charge in [-0.2, -0.15) is 5.26 Å². The van der Waals surface area contributed by atoms with E-state index < -0.39 is 0 Å². The minimum absolute atomic E-state index is 0.303. The van der Waals surface area contributed by atoms with E-state index in [0.29, 0.717) is 30.7 Å². The SMILES string of the molecule is CCOC(=O)c1cn(Cc2ccccc2)cc1Cc1ccc(C#N)cc1. The molecule has 0 unspecified atom stereocenters. The molecule has 0 amide bonds. The number of hydrogen-bond donors (Lipinski definition) is 0. The Morgan fingerprint density at radius 2 is 1.77 bits per heavy atom. The molecule has 2 aromatic carbocycles. The van der Waals surface area contributed by atoms with Gasteiger partial charge in [-0.05, 0) is 42.2 Å². The van der Waals surface area contributed by atoms with Crippen LogP contribution in [0.3, 0.4) is 0 Å². The molecule has 0 aliphatic rings. The summed E-state index contributed by atoms with van der Waals surface area (Å²) in [6.07, 6.45) is 4.46. The lowest BCUT2D eigenvalue weighted by molar-refractivity contribution is 0.0525. The second-order valence-corrected chi connectivity index (χ2v) is 6.06. The molecule has 1 aromatic heterocycles. The van der Waals surface area contributed by atoms with Gasteiger partial charge in [-0.1, -0.05) is 42.5 Å². The van der Waals surface area contributed by atoms with Crippen molar-refractivity contribution in [1.82, 2.24) is 4.57 Å².